The van der Waals surface area contributed by atoms with Gasteiger partial charge in [0, 0.05) is 25.2 Å². The van der Waals surface area contributed by atoms with Crippen molar-refractivity contribution in [1.29, 1.82) is 0 Å². The van der Waals surface area contributed by atoms with Crippen molar-refractivity contribution in [2.75, 3.05) is 14.1 Å². The Balaban J connectivity index is 1.93. The highest BCUT2D eigenvalue weighted by Gasteiger charge is 2.52. The minimum Gasteiger partial charge on any atom is -0.480 e. The van der Waals surface area contributed by atoms with E-state index < -0.39 is 28.9 Å². The highest BCUT2D eigenvalue weighted by molar-refractivity contribution is 6.02. The first-order chi connectivity index (χ1) is 15.3. The topological polar surface area (TPSA) is 69.6 Å². The van der Waals surface area contributed by atoms with E-state index in [2.05, 4.69) is 12.2 Å². The van der Waals surface area contributed by atoms with Crippen molar-refractivity contribution in [3.8, 4) is 0 Å². The van der Waals surface area contributed by atoms with E-state index in [0.29, 0.717) is 18.4 Å². The van der Waals surface area contributed by atoms with Crippen molar-refractivity contribution in [2.24, 2.45) is 5.41 Å². The van der Waals surface area contributed by atoms with Gasteiger partial charge >= 0.3 is 5.97 Å². The Morgan fingerprint density at radius 2 is 1.69 bits per heavy atom. The molecule has 0 aliphatic heterocycles. The summed E-state index contributed by atoms with van der Waals surface area (Å²) >= 11 is 0. The lowest BCUT2D eigenvalue weighted by Crippen LogP contribution is -2.45. The third-order valence-electron chi connectivity index (χ3n) is 6.89. The first kappa shape index (κ1) is 26.2. The summed E-state index contributed by atoms with van der Waals surface area (Å²) in [5, 5.41) is 12.1. The summed E-state index contributed by atoms with van der Waals surface area (Å²) in [6.07, 6.45) is 9.31. The van der Waals surface area contributed by atoms with Gasteiger partial charge < -0.3 is 10.4 Å². The second kappa shape index (κ2) is 12.3. The largest absolute Gasteiger partial charge is 0.480 e. The predicted molar refractivity (Wildman–Crippen MR) is 121 cm³/mol. The van der Waals surface area contributed by atoms with Gasteiger partial charge in [0.2, 0.25) is 5.91 Å². The molecule has 1 aromatic rings. The molecule has 2 N–H and O–H groups in total. The van der Waals surface area contributed by atoms with E-state index >= 15 is 0 Å². The normalized spacial score (nSPS) is 20.6. The zero-order valence-corrected chi connectivity index (χ0v) is 19.7. The Bertz CT molecular complexity index is 787. The van der Waals surface area contributed by atoms with Gasteiger partial charge in [-0.1, -0.05) is 57.6 Å². The Morgan fingerprint density at radius 1 is 1.09 bits per heavy atom. The van der Waals surface area contributed by atoms with Crippen LogP contribution in [0, 0.1) is 17.0 Å². The van der Waals surface area contributed by atoms with Crippen molar-refractivity contribution in [1.82, 2.24) is 10.2 Å². The number of carboxylic acid groups (broad SMARTS) is 1. The smallest absolute Gasteiger partial charge is 0.319 e. The average molecular weight is 453 g/mol. The van der Waals surface area contributed by atoms with Crippen molar-refractivity contribution in [3.05, 3.63) is 34.9 Å². The molecule has 180 valence electrons. The van der Waals surface area contributed by atoms with Crippen molar-refractivity contribution in [3.63, 3.8) is 0 Å². The number of carbonyl (C=O) groups is 2. The number of hydrogen-bond acceptors (Lipinski definition) is 3. The molecule has 5 nitrogen and oxygen atoms in total. The van der Waals surface area contributed by atoms with Gasteiger partial charge in [-0.25, -0.2) is 8.78 Å². The number of aryl methyl sites for hydroxylation is 1. The molecule has 2 atom stereocenters. The molecule has 7 heteroatoms. The molecule has 1 amide bonds. The van der Waals surface area contributed by atoms with E-state index in [1.165, 1.54) is 32.7 Å². The summed E-state index contributed by atoms with van der Waals surface area (Å²) in [7, 11) is 3.19. The number of nitrogens with one attached hydrogen (secondary N) is 1. The molecule has 0 aromatic heterocycles. The summed E-state index contributed by atoms with van der Waals surface area (Å²) in [5.41, 5.74) is -0.799. The van der Waals surface area contributed by atoms with Crippen LogP contribution in [0.2, 0.25) is 0 Å². The molecule has 0 saturated heterocycles. The molecule has 2 rings (SSSR count). The minimum absolute atomic E-state index is 0.152. The second-order valence-corrected chi connectivity index (χ2v) is 9.16. The molecule has 1 saturated carbocycles. The SMILES string of the molecule is CCCCCCCCCc1ccc(CN(C)C2CCC(C(=O)O)(C(=O)NC)C2)c(F)c1F. The monoisotopic (exact) mass is 452 g/mol. The van der Waals surface area contributed by atoms with Gasteiger partial charge in [0.15, 0.2) is 11.6 Å². The summed E-state index contributed by atoms with van der Waals surface area (Å²) < 4.78 is 29.3. The molecule has 1 aliphatic carbocycles. The quantitative estimate of drug-likeness (QED) is 0.324. The van der Waals surface area contributed by atoms with Crippen molar-refractivity contribution in [2.45, 2.75) is 90.1 Å². The van der Waals surface area contributed by atoms with Crippen LogP contribution in [0.5, 0.6) is 0 Å². The maximum atomic E-state index is 14.7. The maximum absolute atomic E-state index is 14.7. The second-order valence-electron chi connectivity index (χ2n) is 9.16. The van der Waals surface area contributed by atoms with Crippen molar-refractivity contribution < 1.29 is 23.5 Å². The van der Waals surface area contributed by atoms with Gasteiger partial charge in [-0.05, 0) is 44.7 Å². The van der Waals surface area contributed by atoms with E-state index in [0.717, 1.165) is 19.3 Å². The van der Waals surface area contributed by atoms with Crippen LogP contribution in [0.1, 0.15) is 82.3 Å². The third kappa shape index (κ3) is 6.27. The predicted octanol–water partition coefficient (Wildman–Crippen LogP) is 5.06. The van der Waals surface area contributed by atoms with Crippen LogP contribution >= 0.6 is 0 Å². The summed E-state index contributed by atoms with van der Waals surface area (Å²) in [4.78, 5) is 25.8. The van der Waals surface area contributed by atoms with Gasteiger partial charge in [-0.15, -0.1) is 0 Å². The number of unbranched alkanes of at least 4 members (excludes halogenated alkanes) is 6. The van der Waals surface area contributed by atoms with Crippen LogP contribution in [0.3, 0.4) is 0 Å². The van der Waals surface area contributed by atoms with Crippen LogP contribution in [0.25, 0.3) is 0 Å². The van der Waals surface area contributed by atoms with E-state index in [9.17, 15) is 23.5 Å². The number of carbonyl (C=O) groups excluding carboxylic acids is 1. The zero-order chi connectivity index (χ0) is 23.7. The molecular formula is C25H38F2N2O3. The molecule has 0 spiro atoms. The lowest BCUT2D eigenvalue weighted by Gasteiger charge is -2.27. The van der Waals surface area contributed by atoms with Gasteiger partial charge in [-0.3, -0.25) is 14.5 Å². The number of aliphatic carboxylic acids is 1. The summed E-state index contributed by atoms with van der Waals surface area (Å²) in [6, 6.07) is 3.10. The van der Waals surface area contributed by atoms with Crippen LogP contribution < -0.4 is 5.32 Å². The molecule has 0 radical (unpaired) electrons. The zero-order valence-electron chi connectivity index (χ0n) is 19.7. The minimum atomic E-state index is -1.46. The lowest BCUT2D eigenvalue weighted by atomic mass is 9.85. The fraction of sp³-hybridized carbons (Fsp3) is 0.680. The molecule has 1 aromatic carbocycles. The lowest BCUT2D eigenvalue weighted by molar-refractivity contribution is -0.155. The first-order valence-electron chi connectivity index (χ1n) is 11.9. The fourth-order valence-electron chi connectivity index (χ4n) is 4.75. The molecule has 1 aliphatic rings. The van der Waals surface area contributed by atoms with E-state index in [1.807, 2.05) is 4.90 Å². The van der Waals surface area contributed by atoms with Gasteiger partial charge in [0.1, 0.15) is 5.41 Å². The average Bonchev–Trinajstić information content (AvgIpc) is 3.24. The molecule has 32 heavy (non-hydrogen) atoms. The maximum Gasteiger partial charge on any atom is 0.319 e. The number of rotatable bonds is 13. The van der Waals surface area contributed by atoms with Crippen LogP contribution in [-0.2, 0) is 22.6 Å². The number of amides is 1. The Hall–Kier alpha value is -2.02. The summed E-state index contributed by atoms with van der Waals surface area (Å²) in [6.45, 7) is 2.34. The van der Waals surface area contributed by atoms with Crippen LogP contribution in [0.4, 0.5) is 8.78 Å². The Kier molecular flexibility index (Phi) is 10.1. The molecular weight excluding hydrogens is 414 g/mol. The molecule has 2 unspecified atom stereocenters. The highest BCUT2D eigenvalue weighted by Crippen LogP contribution is 2.41. The highest BCUT2D eigenvalue weighted by atomic mass is 19.2. The van der Waals surface area contributed by atoms with Crippen LogP contribution in [0.15, 0.2) is 12.1 Å². The number of hydrogen-bond donors (Lipinski definition) is 2. The Labute approximate surface area is 190 Å². The number of halogens is 2. The molecule has 0 heterocycles. The number of benzene rings is 1. The van der Waals surface area contributed by atoms with Gasteiger partial charge in [0.25, 0.3) is 0 Å². The van der Waals surface area contributed by atoms with Crippen molar-refractivity contribution >= 4 is 11.9 Å². The van der Waals surface area contributed by atoms with E-state index in [4.69, 9.17) is 0 Å². The van der Waals surface area contributed by atoms with Gasteiger partial charge in [0.05, 0.1) is 0 Å². The Morgan fingerprint density at radius 3 is 2.31 bits per heavy atom. The van der Waals surface area contributed by atoms with Gasteiger partial charge in [-0.2, -0.15) is 0 Å². The molecule has 0 bridgehead atoms. The number of carboxylic acids is 1. The number of nitrogens with zero attached hydrogens (tertiary/aromatic N) is 1. The fourth-order valence-corrected chi connectivity index (χ4v) is 4.75. The third-order valence-corrected chi connectivity index (χ3v) is 6.89. The first-order valence-corrected chi connectivity index (χ1v) is 11.9. The van der Waals surface area contributed by atoms with E-state index in [-0.39, 0.29) is 31.0 Å². The van der Waals surface area contributed by atoms with Crippen LogP contribution in [-0.4, -0.2) is 42.0 Å². The van der Waals surface area contributed by atoms with E-state index in [1.54, 1.807) is 19.2 Å². The standard InChI is InChI=1S/C25H38F2N2O3/c1-4-5-6-7-8-9-10-11-18-12-13-19(22(27)21(18)26)17-29(3)20-14-15-25(16-20,24(31)32)23(30)28-2/h12-13,20H,4-11,14-17H2,1-3H3,(H,28,30)(H,31,32). The summed E-state index contributed by atoms with van der Waals surface area (Å²) in [5.74, 6) is -3.25. The molecule has 1 fully saturated rings.